The van der Waals surface area contributed by atoms with Crippen LogP contribution in [0.5, 0.6) is 0 Å². The van der Waals surface area contributed by atoms with Gasteiger partial charge in [0.25, 0.3) is 0 Å². The van der Waals surface area contributed by atoms with Gasteiger partial charge >= 0.3 is 0 Å². The first-order valence-corrected chi connectivity index (χ1v) is 11.3. The van der Waals surface area contributed by atoms with E-state index in [2.05, 4.69) is 38.3 Å². The Morgan fingerprint density at radius 3 is 2.93 bits per heavy atom. The van der Waals surface area contributed by atoms with Crippen LogP contribution in [0.2, 0.25) is 0 Å². The number of hydrogen-bond donors (Lipinski definition) is 0. The fraction of sp³-hybridized carbons (Fsp3) is 0.579. The van der Waals surface area contributed by atoms with Crippen LogP contribution in [0.1, 0.15) is 55.3 Å². The van der Waals surface area contributed by atoms with Gasteiger partial charge in [-0.1, -0.05) is 37.1 Å². The number of thioether (sulfide) groups is 1. The summed E-state index contributed by atoms with van der Waals surface area (Å²) < 4.78 is 2.28. The van der Waals surface area contributed by atoms with Gasteiger partial charge in [-0.25, -0.2) is 0 Å². The molecule has 1 saturated carbocycles. The summed E-state index contributed by atoms with van der Waals surface area (Å²) in [5.41, 5.74) is 0. The first-order chi connectivity index (χ1) is 13.2. The van der Waals surface area contributed by atoms with Crippen LogP contribution in [0, 0.1) is 11.3 Å². The summed E-state index contributed by atoms with van der Waals surface area (Å²) in [6.45, 7) is 0.467. The van der Waals surface area contributed by atoms with Gasteiger partial charge < -0.3 is 9.47 Å². The Balaban J connectivity index is 1.72. The molecule has 0 bridgehead atoms. The predicted octanol–water partition coefficient (Wildman–Crippen LogP) is 3.90. The standard InChI is InChI=1S/C19H25N5OS2/c1-23(11-6-10-20)18(25)14-27-19-22-21-17(13-16-9-5-12-26-16)24(19)15-7-3-2-4-8-15/h5,9,12,15H,2-4,6-8,11,13-14H2,1H3. The average Bonchev–Trinajstić information content (AvgIpc) is 3.35. The van der Waals surface area contributed by atoms with Crippen LogP contribution in [-0.4, -0.2) is 44.9 Å². The molecular formula is C19H25N5OS2. The highest BCUT2D eigenvalue weighted by molar-refractivity contribution is 7.99. The molecule has 1 aliphatic carbocycles. The van der Waals surface area contributed by atoms with Crippen LogP contribution in [0.3, 0.4) is 0 Å². The van der Waals surface area contributed by atoms with Crippen molar-refractivity contribution in [1.82, 2.24) is 19.7 Å². The van der Waals surface area contributed by atoms with Crippen LogP contribution in [0.4, 0.5) is 0 Å². The summed E-state index contributed by atoms with van der Waals surface area (Å²) in [6, 6.07) is 6.70. The number of aromatic nitrogens is 3. The molecule has 2 aromatic rings. The van der Waals surface area contributed by atoms with E-state index in [-0.39, 0.29) is 5.91 Å². The van der Waals surface area contributed by atoms with E-state index in [0.29, 0.717) is 24.8 Å². The van der Waals surface area contributed by atoms with Crippen LogP contribution in [0.15, 0.2) is 22.7 Å². The Morgan fingerprint density at radius 1 is 1.41 bits per heavy atom. The summed E-state index contributed by atoms with van der Waals surface area (Å²) in [5, 5.41) is 20.5. The molecule has 3 rings (SSSR count). The average molecular weight is 404 g/mol. The third-order valence-corrected chi connectivity index (χ3v) is 6.70. The minimum atomic E-state index is 0.0215. The molecule has 1 amide bonds. The van der Waals surface area contributed by atoms with E-state index < -0.39 is 0 Å². The van der Waals surface area contributed by atoms with E-state index in [0.717, 1.165) is 30.2 Å². The fourth-order valence-corrected chi connectivity index (χ4v) is 5.05. The number of amides is 1. The van der Waals surface area contributed by atoms with E-state index in [1.807, 2.05) is 0 Å². The minimum absolute atomic E-state index is 0.0215. The normalized spacial score (nSPS) is 14.8. The maximum absolute atomic E-state index is 12.3. The quantitative estimate of drug-likeness (QED) is 0.625. The number of rotatable bonds is 8. The fourth-order valence-electron chi connectivity index (χ4n) is 3.38. The van der Waals surface area contributed by atoms with E-state index in [9.17, 15) is 4.79 Å². The zero-order valence-corrected chi connectivity index (χ0v) is 17.3. The van der Waals surface area contributed by atoms with Crippen molar-refractivity contribution in [3.8, 4) is 6.07 Å². The molecule has 1 fully saturated rings. The molecule has 2 heterocycles. The van der Waals surface area contributed by atoms with E-state index >= 15 is 0 Å². The molecule has 2 aromatic heterocycles. The Hall–Kier alpha value is -1.85. The van der Waals surface area contributed by atoms with Gasteiger partial charge in [-0.15, -0.1) is 21.5 Å². The van der Waals surface area contributed by atoms with Crippen LogP contribution >= 0.6 is 23.1 Å². The smallest absolute Gasteiger partial charge is 0.232 e. The molecule has 0 saturated heterocycles. The zero-order valence-electron chi connectivity index (χ0n) is 15.6. The highest BCUT2D eigenvalue weighted by Crippen LogP contribution is 2.33. The lowest BCUT2D eigenvalue weighted by molar-refractivity contribution is -0.127. The van der Waals surface area contributed by atoms with Crippen molar-refractivity contribution in [2.24, 2.45) is 0 Å². The van der Waals surface area contributed by atoms with Crippen molar-refractivity contribution in [3.63, 3.8) is 0 Å². The molecule has 8 heteroatoms. The van der Waals surface area contributed by atoms with E-state index in [1.165, 1.54) is 35.9 Å². The van der Waals surface area contributed by atoms with Gasteiger partial charge in [0.2, 0.25) is 5.91 Å². The van der Waals surface area contributed by atoms with Crippen molar-refractivity contribution in [3.05, 3.63) is 28.2 Å². The third-order valence-electron chi connectivity index (χ3n) is 4.90. The third kappa shape index (κ3) is 5.33. The van der Waals surface area contributed by atoms with E-state index in [1.54, 1.807) is 23.3 Å². The molecule has 6 nitrogen and oxygen atoms in total. The lowest BCUT2D eigenvalue weighted by Crippen LogP contribution is -2.29. The molecule has 0 aromatic carbocycles. The molecule has 144 valence electrons. The number of hydrogen-bond acceptors (Lipinski definition) is 6. The summed E-state index contributed by atoms with van der Waals surface area (Å²) in [4.78, 5) is 15.2. The number of carbonyl (C=O) groups excluding carboxylic acids is 1. The monoisotopic (exact) mass is 403 g/mol. The number of thiophene rings is 1. The molecule has 0 N–H and O–H groups in total. The first kappa shape index (κ1) is 19.9. The lowest BCUT2D eigenvalue weighted by Gasteiger charge is -2.25. The van der Waals surface area contributed by atoms with Crippen molar-refractivity contribution in [2.75, 3.05) is 19.3 Å². The van der Waals surface area contributed by atoms with E-state index in [4.69, 9.17) is 5.26 Å². The number of nitriles is 1. The van der Waals surface area contributed by atoms with Gasteiger partial charge in [0.1, 0.15) is 5.82 Å². The SMILES string of the molecule is CN(CCC#N)C(=O)CSc1nnc(Cc2cccs2)n1C1CCCCC1. The van der Waals surface area contributed by atoms with Crippen molar-refractivity contribution < 1.29 is 4.79 Å². The molecule has 27 heavy (non-hydrogen) atoms. The Bertz CT molecular complexity index is 775. The highest BCUT2D eigenvalue weighted by atomic mass is 32.2. The second-order valence-electron chi connectivity index (χ2n) is 6.83. The second-order valence-corrected chi connectivity index (χ2v) is 8.80. The van der Waals surface area contributed by atoms with Gasteiger partial charge in [0.15, 0.2) is 5.16 Å². The van der Waals surface area contributed by atoms with Gasteiger partial charge in [-0.3, -0.25) is 4.79 Å². The van der Waals surface area contributed by atoms with Gasteiger partial charge in [-0.2, -0.15) is 5.26 Å². The highest BCUT2D eigenvalue weighted by Gasteiger charge is 2.24. The van der Waals surface area contributed by atoms with Gasteiger partial charge in [-0.05, 0) is 24.3 Å². The minimum Gasteiger partial charge on any atom is -0.344 e. The number of carbonyl (C=O) groups is 1. The summed E-state index contributed by atoms with van der Waals surface area (Å²) in [5.74, 6) is 1.34. The molecule has 0 unspecified atom stereocenters. The largest absolute Gasteiger partial charge is 0.344 e. The summed E-state index contributed by atoms with van der Waals surface area (Å²) in [7, 11) is 1.74. The van der Waals surface area contributed by atoms with Crippen molar-refractivity contribution in [1.29, 1.82) is 5.26 Å². The Labute approximate surface area is 168 Å². The predicted molar refractivity (Wildman–Crippen MR) is 108 cm³/mol. The van der Waals surface area contributed by atoms with Gasteiger partial charge in [0.05, 0.1) is 18.2 Å². The van der Waals surface area contributed by atoms with Gasteiger partial charge in [0, 0.05) is 30.9 Å². The summed E-state index contributed by atoms with van der Waals surface area (Å²) >= 11 is 3.20. The topological polar surface area (TPSA) is 74.8 Å². The molecule has 0 radical (unpaired) electrons. The zero-order chi connectivity index (χ0) is 19.1. The lowest BCUT2D eigenvalue weighted by atomic mass is 9.95. The Kier molecular flexibility index (Phi) is 7.30. The molecule has 0 spiro atoms. The first-order valence-electron chi connectivity index (χ1n) is 9.39. The van der Waals surface area contributed by atoms with Crippen molar-refractivity contribution in [2.45, 2.75) is 56.1 Å². The maximum Gasteiger partial charge on any atom is 0.232 e. The molecule has 1 aliphatic rings. The molecule has 0 aliphatic heterocycles. The molecular weight excluding hydrogens is 378 g/mol. The van der Waals surface area contributed by atoms with Crippen LogP contribution in [0.25, 0.3) is 0 Å². The molecule has 0 atom stereocenters. The van der Waals surface area contributed by atoms with Crippen LogP contribution in [-0.2, 0) is 11.2 Å². The number of nitrogens with zero attached hydrogens (tertiary/aromatic N) is 5. The van der Waals surface area contributed by atoms with Crippen molar-refractivity contribution >= 4 is 29.0 Å². The maximum atomic E-state index is 12.3. The van der Waals surface area contributed by atoms with Crippen LogP contribution < -0.4 is 0 Å². The Morgan fingerprint density at radius 2 is 2.22 bits per heavy atom. The summed E-state index contributed by atoms with van der Waals surface area (Å²) in [6.07, 6.45) is 7.22. The second kappa shape index (κ2) is 9.90.